The number of rotatable bonds is 6. The van der Waals surface area contributed by atoms with Crippen molar-refractivity contribution in [1.82, 2.24) is 10.5 Å². The number of benzene rings is 2. The van der Waals surface area contributed by atoms with E-state index in [1.807, 2.05) is 0 Å². The third-order valence-corrected chi connectivity index (χ3v) is 4.69. The molecule has 0 aliphatic heterocycles. The third kappa shape index (κ3) is 4.71. The summed E-state index contributed by atoms with van der Waals surface area (Å²) in [5.41, 5.74) is 2.11. The van der Waals surface area contributed by atoms with E-state index in [1.54, 1.807) is 0 Å². The van der Waals surface area contributed by atoms with E-state index in [-0.39, 0.29) is 34.3 Å². The number of aromatic nitrogens is 1. The molecule has 0 bridgehead atoms. The number of nitrogens with zero attached hydrogens (tertiary/aromatic N) is 1. The zero-order valence-corrected chi connectivity index (χ0v) is 15.6. The quantitative estimate of drug-likeness (QED) is 0.404. The first-order valence-electron chi connectivity index (χ1n) is 7.87. The number of alkyl halides is 3. The Kier molecular flexibility index (Phi) is 6.04. The van der Waals surface area contributed by atoms with E-state index in [0.717, 1.165) is 23.5 Å². The smallest absolute Gasteiger partial charge is 0.408 e. The largest absolute Gasteiger partial charge is 0.416 e. The normalized spacial score (nSPS) is 11.6. The van der Waals surface area contributed by atoms with Crippen LogP contribution in [0.25, 0.3) is 10.2 Å². The maximum atomic E-state index is 12.8. The zero-order valence-electron chi connectivity index (χ0n) is 14.0. The van der Waals surface area contributed by atoms with Gasteiger partial charge in [-0.25, -0.2) is 4.98 Å². The van der Waals surface area contributed by atoms with E-state index in [9.17, 15) is 18.0 Å². The summed E-state index contributed by atoms with van der Waals surface area (Å²) in [6, 6.07) is 7.53. The summed E-state index contributed by atoms with van der Waals surface area (Å²) in [5.74, 6) is -0.436. The van der Waals surface area contributed by atoms with Crippen LogP contribution in [0.15, 0.2) is 36.4 Å². The number of aliphatic hydroxyl groups is 1. The van der Waals surface area contributed by atoms with E-state index in [2.05, 4.69) is 15.8 Å². The Morgan fingerprint density at radius 1 is 1.25 bits per heavy atom. The average molecular weight is 432 g/mol. The molecule has 1 heterocycles. The topological polar surface area (TPSA) is 83.5 Å². The number of thiazole rings is 1. The maximum Gasteiger partial charge on any atom is 0.416 e. The van der Waals surface area contributed by atoms with Crippen molar-refractivity contribution >= 4 is 44.2 Å². The number of anilines is 1. The fraction of sp³-hybridized carbons (Fsp3) is 0.176. The molecular weight excluding hydrogens is 419 g/mol. The predicted molar refractivity (Wildman–Crippen MR) is 99.7 cm³/mol. The van der Waals surface area contributed by atoms with E-state index in [0.29, 0.717) is 10.5 Å². The highest BCUT2D eigenvalue weighted by atomic mass is 35.5. The fourth-order valence-electron chi connectivity index (χ4n) is 2.26. The van der Waals surface area contributed by atoms with Gasteiger partial charge in [0.2, 0.25) is 0 Å². The van der Waals surface area contributed by atoms with Crippen LogP contribution in [0.5, 0.6) is 5.75 Å². The Morgan fingerprint density at radius 2 is 2.04 bits per heavy atom. The maximum absolute atomic E-state index is 12.8. The van der Waals surface area contributed by atoms with Gasteiger partial charge in [0.1, 0.15) is 0 Å². The molecule has 0 aliphatic rings. The number of carbonyl (C=O) groups excluding carboxylic acids is 1. The minimum Gasteiger partial charge on any atom is -0.408 e. The van der Waals surface area contributed by atoms with Gasteiger partial charge < -0.3 is 9.94 Å². The monoisotopic (exact) mass is 431 g/mol. The molecule has 3 aromatic rings. The Balaban J connectivity index is 1.83. The molecule has 148 valence electrons. The van der Waals surface area contributed by atoms with E-state index in [1.165, 1.54) is 24.3 Å². The first kappa shape index (κ1) is 20.3. The highest BCUT2D eigenvalue weighted by Crippen LogP contribution is 2.34. The summed E-state index contributed by atoms with van der Waals surface area (Å²) in [5, 5.41) is 11.7. The molecule has 6 nitrogen and oxygen atoms in total. The second-order valence-electron chi connectivity index (χ2n) is 5.51. The Hall–Kier alpha value is -2.40. The molecule has 1 aromatic heterocycles. The fourth-order valence-corrected chi connectivity index (χ4v) is 3.33. The van der Waals surface area contributed by atoms with Crippen molar-refractivity contribution in [2.24, 2.45) is 0 Å². The number of hydrogen-bond acceptors (Lipinski definition) is 6. The SMILES string of the molecule is O=C(Nc1nc2ccc(C(F)(F)F)cc2s1)c1cc(Cl)ccc1ONCCO. The number of nitrogens with one attached hydrogen (secondary N) is 2. The molecule has 2 aromatic carbocycles. The summed E-state index contributed by atoms with van der Waals surface area (Å²) < 4.78 is 38.8. The highest BCUT2D eigenvalue weighted by molar-refractivity contribution is 7.22. The minimum absolute atomic E-state index is 0.0909. The van der Waals surface area contributed by atoms with E-state index < -0.39 is 17.6 Å². The van der Waals surface area contributed by atoms with Gasteiger partial charge in [-0.15, -0.1) is 0 Å². The standard InChI is InChI=1S/C17H13ClF3N3O3S/c18-10-2-4-13(27-22-5-6-25)11(8-10)15(26)24-16-23-12-3-1-9(17(19,20)21)7-14(12)28-16/h1-4,7-8,22,25H,5-6H2,(H,23,24,26). The van der Waals surface area contributed by atoms with Gasteiger partial charge in [-0.05, 0) is 36.4 Å². The lowest BCUT2D eigenvalue weighted by atomic mass is 10.2. The van der Waals surface area contributed by atoms with Crippen molar-refractivity contribution < 1.29 is 27.9 Å². The summed E-state index contributed by atoms with van der Waals surface area (Å²) in [6.07, 6.45) is -4.46. The van der Waals surface area contributed by atoms with Crippen molar-refractivity contribution in [2.45, 2.75) is 6.18 Å². The zero-order chi connectivity index (χ0) is 20.3. The molecular formula is C17H13ClF3N3O3S. The average Bonchev–Trinajstić information content (AvgIpc) is 3.03. The summed E-state index contributed by atoms with van der Waals surface area (Å²) >= 11 is 6.85. The molecule has 0 saturated carbocycles. The molecule has 0 unspecified atom stereocenters. The summed E-state index contributed by atoms with van der Waals surface area (Å²) in [7, 11) is 0. The van der Waals surface area contributed by atoms with Crippen LogP contribution in [-0.2, 0) is 6.18 Å². The van der Waals surface area contributed by atoms with Crippen LogP contribution in [0.2, 0.25) is 5.02 Å². The lowest BCUT2D eigenvalue weighted by Crippen LogP contribution is -2.24. The van der Waals surface area contributed by atoms with Gasteiger partial charge in [-0.1, -0.05) is 22.9 Å². The molecule has 11 heteroatoms. The number of carbonyl (C=O) groups is 1. The second-order valence-corrected chi connectivity index (χ2v) is 6.98. The van der Waals surface area contributed by atoms with Crippen molar-refractivity contribution in [2.75, 3.05) is 18.5 Å². The molecule has 3 rings (SSSR count). The minimum atomic E-state index is -4.46. The second kappa shape index (κ2) is 8.31. The van der Waals surface area contributed by atoms with Crippen molar-refractivity contribution in [3.63, 3.8) is 0 Å². The molecule has 1 amide bonds. The van der Waals surface area contributed by atoms with E-state index in [4.69, 9.17) is 21.5 Å². The Morgan fingerprint density at radius 3 is 2.75 bits per heavy atom. The van der Waals surface area contributed by atoms with Gasteiger partial charge in [-0.2, -0.15) is 18.7 Å². The van der Waals surface area contributed by atoms with Crippen LogP contribution in [0.4, 0.5) is 18.3 Å². The van der Waals surface area contributed by atoms with Crippen LogP contribution >= 0.6 is 22.9 Å². The number of hydrogen-bond donors (Lipinski definition) is 3. The van der Waals surface area contributed by atoms with Gasteiger partial charge >= 0.3 is 6.18 Å². The number of halogens is 4. The molecule has 0 spiro atoms. The predicted octanol–water partition coefficient (Wildman–Crippen LogP) is 4.10. The van der Waals surface area contributed by atoms with Gasteiger partial charge in [0.05, 0.1) is 34.5 Å². The number of hydroxylamine groups is 1. The van der Waals surface area contributed by atoms with E-state index >= 15 is 0 Å². The first-order valence-corrected chi connectivity index (χ1v) is 9.06. The molecule has 3 N–H and O–H groups in total. The molecule has 0 aliphatic carbocycles. The lowest BCUT2D eigenvalue weighted by Gasteiger charge is -2.11. The molecule has 28 heavy (non-hydrogen) atoms. The van der Waals surface area contributed by atoms with Crippen LogP contribution < -0.4 is 15.6 Å². The van der Waals surface area contributed by atoms with Gasteiger partial charge in [0.25, 0.3) is 5.91 Å². The van der Waals surface area contributed by atoms with Gasteiger partial charge in [0.15, 0.2) is 10.9 Å². The summed E-state index contributed by atoms with van der Waals surface area (Å²) in [4.78, 5) is 21.9. The third-order valence-electron chi connectivity index (χ3n) is 3.52. The number of amides is 1. The highest BCUT2D eigenvalue weighted by Gasteiger charge is 2.30. The molecule has 0 fully saturated rings. The van der Waals surface area contributed by atoms with Crippen molar-refractivity contribution in [3.8, 4) is 5.75 Å². The van der Waals surface area contributed by atoms with Crippen molar-refractivity contribution in [1.29, 1.82) is 0 Å². The van der Waals surface area contributed by atoms with Crippen LogP contribution in [0, 0.1) is 0 Å². The van der Waals surface area contributed by atoms with Crippen LogP contribution in [0.1, 0.15) is 15.9 Å². The first-order chi connectivity index (χ1) is 13.3. The van der Waals surface area contributed by atoms with Crippen LogP contribution in [0.3, 0.4) is 0 Å². The molecule has 0 radical (unpaired) electrons. The summed E-state index contributed by atoms with van der Waals surface area (Å²) in [6.45, 7) is -0.0240. The molecule has 0 atom stereocenters. The number of aliphatic hydroxyl groups excluding tert-OH is 1. The Labute approximate surface area is 165 Å². The van der Waals surface area contributed by atoms with Crippen LogP contribution in [-0.4, -0.2) is 29.1 Å². The van der Waals surface area contributed by atoms with Gasteiger partial charge in [0, 0.05) is 5.02 Å². The number of fused-ring (bicyclic) bond motifs is 1. The molecule has 0 saturated heterocycles. The lowest BCUT2D eigenvalue weighted by molar-refractivity contribution is -0.137. The van der Waals surface area contributed by atoms with Gasteiger partial charge in [-0.3, -0.25) is 10.1 Å². The Bertz CT molecular complexity index is 1010. The van der Waals surface area contributed by atoms with Crippen molar-refractivity contribution in [3.05, 3.63) is 52.5 Å².